The standard InChI is InChI=1S/C12H12OS2/c1-13-11-6-8-3-4-10(14)5-9(8)7-12(11)15-2/h3-7,14H,1-2H3. The number of thiol groups is 1. The molecule has 0 aliphatic carbocycles. The molecular weight excluding hydrogens is 224 g/mol. The molecule has 2 rings (SSSR count). The number of ether oxygens (including phenoxy) is 1. The van der Waals surface area contributed by atoms with Gasteiger partial charge in [0.2, 0.25) is 0 Å². The number of benzene rings is 2. The van der Waals surface area contributed by atoms with E-state index in [1.165, 1.54) is 10.8 Å². The van der Waals surface area contributed by atoms with Crippen LogP contribution < -0.4 is 4.74 Å². The van der Waals surface area contributed by atoms with E-state index >= 15 is 0 Å². The van der Waals surface area contributed by atoms with Crippen LogP contribution in [0.5, 0.6) is 5.75 Å². The van der Waals surface area contributed by atoms with Crippen molar-refractivity contribution in [3.05, 3.63) is 30.3 Å². The highest BCUT2D eigenvalue weighted by atomic mass is 32.2. The number of thioether (sulfide) groups is 1. The van der Waals surface area contributed by atoms with Crippen molar-refractivity contribution < 1.29 is 4.74 Å². The molecule has 2 aromatic carbocycles. The van der Waals surface area contributed by atoms with Gasteiger partial charge in [0.25, 0.3) is 0 Å². The molecule has 0 aromatic heterocycles. The molecule has 78 valence electrons. The highest BCUT2D eigenvalue weighted by molar-refractivity contribution is 7.98. The molecule has 0 heterocycles. The van der Waals surface area contributed by atoms with Gasteiger partial charge in [-0.3, -0.25) is 0 Å². The van der Waals surface area contributed by atoms with Gasteiger partial charge in [-0.1, -0.05) is 6.07 Å². The molecular formula is C12H12OS2. The van der Waals surface area contributed by atoms with E-state index in [1.807, 2.05) is 12.3 Å². The molecule has 0 aliphatic heterocycles. The summed E-state index contributed by atoms with van der Waals surface area (Å²) in [6, 6.07) is 10.3. The van der Waals surface area contributed by atoms with Crippen molar-refractivity contribution in [3.63, 3.8) is 0 Å². The SMILES string of the molecule is COc1cc2ccc(S)cc2cc1SC. The van der Waals surface area contributed by atoms with E-state index in [0.717, 1.165) is 15.5 Å². The summed E-state index contributed by atoms with van der Waals surface area (Å²) in [4.78, 5) is 2.14. The molecule has 15 heavy (non-hydrogen) atoms. The molecule has 0 amide bonds. The predicted octanol–water partition coefficient (Wildman–Crippen LogP) is 3.86. The van der Waals surface area contributed by atoms with Crippen molar-refractivity contribution in [3.8, 4) is 5.75 Å². The molecule has 0 saturated carbocycles. The van der Waals surface area contributed by atoms with E-state index < -0.39 is 0 Å². The van der Waals surface area contributed by atoms with Gasteiger partial charge in [-0.2, -0.15) is 0 Å². The lowest BCUT2D eigenvalue weighted by molar-refractivity contribution is 0.405. The van der Waals surface area contributed by atoms with Gasteiger partial charge in [0.05, 0.1) is 7.11 Å². The first-order valence-corrected chi connectivity index (χ1v) is 6.26. The second-order valence-electron chi connectivity index (χ2n) is 3.24. The Morgan fingerprint density at radius 1 is 1.13 bits per heavy atom. The Bertz CT molecular complexity index is 494. The van der Waals surface area contributed by atoms with Crippen LogP contribution in [0.2, 0.25) is 0 Å². The van der Waals surface area contributed by atoms with Crippen molar-refractivity contribution in [2.45, 2.75) is 9.79 Å². The molecule has 1 nitrogen and oxygen atoms in total. The maximum absolute atomic E-state index is 5.33. The van der Waals surface area contributed by atoms with E-state index in [1.54, 1.807) is 18.9 Å². The fourth-order valence-corrected chi connectivity index (χ4v) is 2.36. The maximum Gasteiger partial charge on any atom is 0.133 e. The van der Waals surface area contributed by atoms with Crippen LogP contribution in [0.15, 0.2) is 40.1 Å². The normalized spacial score (nSPS) is 10.6. The van der Waals surface area contributed by atoms with E-state index in [-0.39, 0.29) is 0 Å². The molecule has 0 unspecified atom stereocenters. The maximum atomic E-state index is 5.33. The summed E-state index contributed by atoms with van der Waals surface area (Å²) < 4.78 is 5.33. The Labute approximate surface area is 99.2 Å². The molecule has 3 heteroatoms. The highest BCUT2D eigenvalue weighted by Crippen LogP contribution is 2.32. The quantitative estimate of drug-likeness (QED) is 0.626. The molecule has 0 radical (unpaired) electrons. The molecule has 0 atom stereocenters. The third kappa shape index (κ3) is 2.08. The first-order chi connectivity index (χ1) is 7.24. The van der Waals surface area contributed by atoms with E-state index in [2.05, 4.69) is 36.9 Å². The number of fused-ring (bicyclic) bond motifs is 1. The summed E-state index contributed by atoms with van der Waals surface area (Å²) in [5.41, 5.74) is 0. The van der Waals surface area contributed by atoms with Crippen LogP contribution in [0.4, 0.5) is 0 Å². The average molecular weight is 236 g/mol. The molecule has 0 bridgehead atoms. The van der Waals surface area contributed by atoms with Crippen molar-refractivity contribution in [1.29, 1.82) is 0 Å². The van der Waals surface area contributed by atoms with Crippen LogP contribution >= 0.6 is 24.4 Å². The zero-order chi connectivity index (χ0) is 10.8. The summed E-state index contributed by atoms with van der Waals surface area (Å²) >= 11 is 6.03. The fraction of sp³-hybridized carbons (Fsp3) is 0.167. The van der Waals surface area contributed by atoms with E-state index in [0.29, 0.717) is 0 Å². The van der Waals surface area contributed by atoms with Gasteiger partial charge >= 0.3 is 0 Å². The highest BCUT2D eigenvalue weighted by Gasteiger charge is 2.04. The molecule has 0 saturated heterocycles. The summed E-state index contributed by atoms with van der Waals surface area (Å²) in [6.45, 7) is 0. The lowest BCUT2D eigenvalue weighted by Gasteiger charge is -2.08. The summed E-state index contributed by atoms with van der Waals surface area (Å²) in [7, 11) is 1.70. The minimum atomic E-state index is 0.932. The lowest BCUT2D eigenvalue weighted by Crippen LogP contribution is -1.86. The smallest absolute Gasteiger partial charge is 0.133 e. The molecule has 2 aromatic rings. The molecule has 0 aliphatic rings. The Hall–Kier alpha value is -0.800. The van der Waals surface area contributed by atoms with E-state index in [9.17, 15) is 0 Å². The number of hydrogen-bond acceptors (Lipinski definition) is 3. The molecule has 0 N–H and O–H groups in total. The van der Waals surface area contributed by atoms with Crippen LogP contribution in [0.3, 0.4) is 0 Å². The van der Waals surface area contributed by atoms with Crippen LogP contribution in [-0.4, -0.2) is 13.4 Å². The topological polar surface area (TPSA) is 9.23 Å². The van der Waals surface area contributed by atoms with Crippen LogP contribution in [0.1, 0.15) is 0 Å². The summed E-state index contributed by atoms with van der Waals surface area (Å²) in [5, 5.41) is 2.38. The van der Waals surface area contributed by atoms with Crippen molar-refractivity contribution >= 4 is 35.2 Å². The molecule has 0 fully saturated rings. The minimum absolute atomic E-state index is 0.932. The second-order valence-corrected chi connectivity index (χ2v) is 4.60. The fourth-order valence-electron chi connectivity index (χ4n) is 1.56. The monoisotopic (exact) mass is 236 g/mol. The Morgan fingerprint density at radius 3 is 2.60 bits per heavy atom. The Balaban J connectivity index is 2.69. The molecule has 0 spiro atoms. The van der Waals surface area contributed by atoms with Crippen molar-refractivity contribution in [2.75, 3.05) is 13.4 Å². The second kappa shape index (κ2) is 4.37. The van der Waals surface area contributed by atoms with Crippen molar-refractivity contribution in [2.24, 2.45) is 0 Å². The van der Waals surface area contributed by atoms with Gasteiger partial charge in [-0.25, -0.2) is 0 Å². The van der Waals surface area contributed by atoms with Gasteiger partial charge in [-0.15, -0.1) is 24.4 Å². The first kappa shape index (κ1) is 10.7. The summed E-state index contributed by atoms with van der Waals surface area (Å²) in [6.07, 6.45) is 2.05. The third-order valence-electron chi connectivity index (χ3n) is 2.33. The van der Waals surface area contributed by atoms with Crippen LogP contribution in [0, 0.1) is 0 Å². The third-order valence-corrected chi connectivity index (χ3v) is 3.36. The van der Waals surface area contributed by atoms with Gasteiger partial charge in [0.1, 0.15) is 5.75 Å². The minimum Gasteiger partial charge on any atom is -0.496 e. The zero-order valence-corrected chi connectivity index (χ0v) is 10.4. The number of rotatable bonds is 2. The number of methoxy groups -OCH3 is 1. The van der Waals surface area contributed by atoms with Crippen molar-refractivity contribution in [1.82, 2.24) is 0 Å². The Morgan fingerprint density at radius 2 is 1.93 bits per heavy atom. The number of hydrogen-bond donors (Lipinski definition) is 1. The van der Waals surface area contributed by atoms with Gasteiger partial charge in [-0.05, 0) is 41.3 Å². The zero-order valence-electron chi connectivity index (χ0n) is 8.65. The lowest BCUT2D eigenvalue weighted by atomic mass is 10.1. The first-order valence-electron chi connectivity index (χ1n) is 4.59. The summed E-state index contributed by atoms with van der Waals surface area (Å²) in [5.74, 6) is 0.932. The Kier molecular flexibility index (Phi) is 3.12. The van der Waals surface area contributed by atoms with Gasteiger partial charge < -0.3 is 4.74 Å². The van der Waals surface area contributed by atoms with Crippen LogP contribution in [0.25, 0.3) is 10.8 Å². The largest absolute Gasteiger partial charge is 0.496 e. The predicted molar refractivity (Wildman–Crippen MR) is 69.5 cm³/mol. The average Bonchev–Trinajstić information content (AvgIpc) is 2.27. The van der Waals surface area contributed by atoms with Gasteiger partial charge in [0, 0.05) is 9.79 Å². The van der Waals surface area contributed by atoms with Gasteiger partial charge in [0.15, 0.2) is 0 Å². The van der Waals surface area contributed by atoms with Crippen LogP contribution in [-0.2, 0) is 0 Å². The van der Waals surface area contributed by atoms with E-state index in [4.69, 9.17) is 4.74 Å².